The number of esters is 1. The molecule has 1 saturated heterocycles. The Kier molecular flexibility index (Phi) is 9.03. The first-order chi connectivity index (χ1) is 17.0. The zero-order chi connectivity index (χ0) is 26.5. The van der Waals surface area contributed by atoms with E-state index in [0.29, 0.717) is 29.2 Å². The van der Waals surface area contributed by atoms with Crippen molar-refractivity contribution in [1.82, 2.24) is 4.90 Å². The molecule has 2 amide bonds. The van der Waals surface area contributed by atoms with Gasteiger partial charge in [-0.05, 0) is 91.9 Å². The summed E-state index contributed by atoms with van der Waals surface area (Å²) in [6.45, 7) is 7.11. The normalized spacial score (nSPS) is 14.7. The van der Waals surface area contributed by atoms with Gasteiger partial charge in [0, 0.05) is 5.56 Å². The largest absolute Gasteiger partial charge is 0.490 e. The van der Waals surface area contributed by atoms with Gasteiger partial charge in [-0.25, -0.2) is 0 Å². The van der Waals surface area contributed by atoms with Gasteiger partial charge >= 0.3 is 5.97 Å². The third kappa shape index (κ3) is 7.01. The van der Waals surface area contributed by atoms with Crippen LogP contribution in [0.2, 0.25) is 0 Å². The molecule has 0 unspecified atom stereocenters. The fourth-order valence-corrected chi connectivity index (χ4v) is 4.89. The third-order valence-corrected chi connectivity index (χ3v) is 6.43. The second-order valence-corrected chi connectivity index (χ2v) is 10.8. The average molecular weight is 620 g/mol. The maximum atomic E-state index is 12.8. The maximum absolute atomic E-state index is 12.8. The average Bonchev–Trinajstić information content (AvgIpc) is 3.05. The maximum Gasteiger partial charge on any atom is 0.326 e. The van der Waals surface area contributed by atoms with Crippen LogP contribution in [0.25, 0.3) is 6.08 Å². The molecule has 0 N–H and O–H groups in total. The number of amides is 2. The van der Waals surface area contributed by atoms with E-state index in [1.165, 1.54) is 0 Å². The summed E-state index contributed by atoms with van der Waals surface area (Å²) < 4.78 is 17.8. The molecule has 188 valence electrons. The van der Waals surface area contributed by atoms with E-state index in [1.807, 2.05) is 19.1 Å². The number of hydrogen-bond donors (Lipinski definition) is 0. The molecule has 2 aromatic carbocycles. The second-order valence-electron chi connectivity index (χ2n) is 8.67. The molecule has 0 bridgehead atoms. The Balaban J connectivity index is 1.82. The minimum atomic E-state index is -0.721. The molecular formula is C26H25IN2O6S. The number of halogens is 1. The van der Waals surface area contributed by atoms with E-state index in [4.69, 9.17) is 14.2 Å². The third-order valence-electron chi connectivity index (χ3n) is 4.72. The van der Waals surface area contributed by atoms with Crippen LogP contribution < -0.4 is 9.47 Å². The summed E-state index contributed by atoms with van der Waals surface area (Å²) in [5.74, 6) is -0.227. The molecule has 36 heavy (non-hydrogen) atoms. The van der Waals surface area contributed by atoms with Crippen LogP contribution in [0.1, 0.15) is 44.4 Å². The quantitative estimate of drug-likeness (QED) is 0.216. The topological polar surface area (TPSA) is 106 Å². The Morgan fingerprint density at radius 2 is 1.92 bits per heavy atom. The molecule has 1 fully saturated rings. The van der Waals surface area contributed by atoms with Crippen LogP contribution >= 0.6 is 34.4 Å². The Bertz CT molecular complexity index is 1260. The Morgan fingerprint density at radius 3 is 2.58 bits per heavy atom. The second kappa shape index (κ2) is 11.8. The molecule has 2 aromatic rings. The van der Waals surface area contributed by atoms with E-state index in [9.17, 15) is 19.6 Å². The predicted octanol–water partition coefficient (Wildman–Crippen LogP) is 5.52. The van der Waals surface area contributed by atoms with E-state index in [1.54, 1.807) is 51.1 Å². The predicted molar refractivity (Wildman–Crippen MR) is 144 cm³/mol. The molecule has 10 heteroatoms. The van der Waals surface area contributed by atoms with Crippen molar-refractivity contribution in [2.45, 2.75) is 39.9 Å². The molecule has 0 radical (unpaired) electrons. The van der Waals surface area contributed by atoms with Gasteiger partial charge in [-0.2, -0.15) is 5.26 Å². The summed E-state index contributed by atoms with van der Waals surface area (Å²) >= 11 is 2.87. The lowest BCUT2D eigenvalue weighted by molar-refractivity contribution is -0.156. The molecule has 1 aliphatic rings. The Hall–Kier alpha value is -3.04. The van der Waals surface area contributed by atoms with E-state index in [0.717, 1.165) is 25.8 Å². The summed E-state index contributed by atoms with van der Waals surface area (Å²) in [5.41, 5.74) is 1.20. The van der Waals surface area contributed by atoms with E-state index >= 15 is 0 Å². The van der Waals surface area contributed by atoms with Gasteiger partial charge in [0.25, 0.3) is 11.1 Å². The monoisotopic (exact) mass is 620 g/mol. The van der Waals surface area contributed by atoms with Crippen LogP contribution in [-0.2, 0) is 20.9 Å². The van der Waals surface area contributed by atoms with Gasteiger partial charge in [0.2, 0.25) is 0 Å². The van der Waals surface area contributed by atoms with Crippen molar-refractivity contribution in [2.75, 3.05) is 13.2 Å². The zero-order valence-corrected chi connectivity index (χ0v) is 23.3. The first kappa shape index (κ1) is 27.5. The van der Waals surface area contributed by atoms with Crippen LogP contribution in [0.5, 0.6) is 11.5 Å². The lowest BCUT2D eigenvalue weighted by Gasteiger charge is -2.21. The van der Waals surface area contributed by atoms with Crippen LogP contribution in [-0.4, -0.2) is 40.8 Å². The number of thioether (sulfide) groups is 1. The van der Waals surface area contributed by atoms with E-state index < -0.39 is 29.3 Å². The highest BCUT2D eigenvalue weighted by atomic mass is 127. The molecule has 0 atom stereocenters. The first-order valence-corrected chi connectivity index (χ1v) is 13.0. The summed E-state index contributed by atoms with van der Waals surface area (Å²) in [6, 6.07) is 12.9. The lowest BCUT2D eigenvalue weighted by Crippen LogP contribution is -2.37. The molecular weight excluding hydrogens is 595 g/mol. The highest BCUT2D eigenvalue weighted by Crippen LogP contribution is 2.38. The fourth-order valence-electron chi connectivity index (χ4n) is 3.27. The summed E-state index contributed by atoms with van der Waals surface area (Å²) in [4.78, 5) is 38.4. The summed E-state index contributed by atoms with van der Waals surface area (Å²) in [7, 11) is 0. The van der Waals surface area contributed by atoms with Gasteiger partial charge in [0.15, 0.2) is 11.5 Å². The number of imide groups is 1. The number of ether oxygens (including phenoxy) is 3. The van der Waals surface area contributed by atoms with Gasteiger partial charge in [0.05, 0.1) is 26.7 Å². The molecule has 0 aliphatic carbocycles. The Labute approximate surface area is 227 Å². The van der Waals surface area contributed by atoms with Crippen molar-refractivity contribution in [3.8, 4) is 17.6 Å². The van der Waals surface area contributed by atoms with Gasteiger partial charge in [-0.15, -0.1) is 0 Å². The number of rotatable bonds is 8. The molecule has 3 rings (SSSR count). The van der Waals surface area contributed by atoms with Gasteiger partial charge in [-0.1, -0.05) is 18.2 Å². The first-order valence-electron chi connectivity index (χ1n) is 11.1. The van der Waals surface area contributed by atoms with Crippen LogP contribution in [0.15, 0.2) is 41.3 Å². The van der Waals surface area contributed by atoms with Gasteiger partial charge in [0.1, 0.15) is 18.8 Å². The summed E-state index contributed by atoms with van der Waals surface area (Å²) in [5, 5.41) is 8.78. The molecule has 0 aromatic heterocycles. The van der Waals surface area contributed by atoms with Crippen molar-refractivity contribution in [3.05, 3.63) is 61.6 Å². The number of nitrogens with zero attached hydrogens (tertiary/aromatic N) is 2. The summed E-state index contributed by atoms with van der Waals surface area (Å²) in [6.07, 6.45) is 1.58. The van der Waals surface area contributed by atoms with Crippen molar-refractivity contribution in [2.24, 2.45) is 0 Å². The van der Waals surface area contributed by atoms with Gasteiger partial charge in [-0.3, -0.25) is 19.3 Å². The molecule has 8 nitrogen and oxygen atoms in total. The van der Waals surface area contributed by atoms with Crippen molar-refractivity contribution in [1.29, 1.82) is 5.26 Å². The molecule has 0 spiro atoms. The standard InChI is InChI=1S/C26H25IN2O6S/c1-5-33-20-11-16(10-19(27)23(20)34-15-18-9-7-6-8-17(18)13-28)12-21-24(31)29(25(32)36-21)14-22(30)35-26(2,3)4/h6-12H,5,14-15H2,1-4H3. The van der Waals surface area contributed by atoms with Crippen molar-refractivity contribution >= 4 is 57.5 Å². The number of nitriles is 1. The van der Waals surface area contributed by atoms with E-state index in [-0.39, 0.29) is 11.5 Å². The lowest BCUT2D eigenvalue weighted by atomic mass is 10.1. The smallest absolute Gasteiger partial charge is 0.326 e. The van der Waals surface area contributed by atoms with E-state index in [2.05, 4.69) is 28.7 Å². The van der Waals surface area contributed by atoms with Crippen LogP contribution in [0.3, 0.4) is 0 Å². The minimum Gasteiger partial charge on any atom is -0.490 e. The number of carbonyl (C=O) groups excluding carboxylic acids is 3. The molecule has 1 aliphatic heterocycles. The Morgan fingerprint density at radius 1 is 1.19 bits per heavy atom. The highest BCUT2D eigenvalue weighted by molar-refractivity contribution is 14.1. The highest BCUT2D eigenvalue weighted by Gasteiger charge is 2.37. The number of carbonyl (C=O) groups is 3. The van der Waals surface area contributed by atoms with Crippen molar-refractivity contribution in [3.63, 3.8) is 0 Å². The van der Waals surface area contributed by atoms with Crippen LogP contribution in [0, 0.1) is 14.9 Å². The van der Waals surface area contributed by atoms with Gasteiger partial charge < -0.3 is 14.2 Å². The molecule has 1 heterocycles. The minimum absolute atomic E-state index is 0.183. The number of benzene rings is 2. The zero-order valence-electron chi connectivity index (χ0n) is 20.3. The number of hydrogen-bond acceptors (Lipinski definition) is 8. The van der Waals surface area contributed by atoms with Crippen molar-refractivity contribution < 1.29 is 28.6 Å². The SMILES string of the molecule is CCOc1cc(C=C2SC(=O)N(CC(=O)OC(C)(C)C)C2=O)cc(I)c1OCc1ccccc1C#N. The van der Waals surface area contributed by atoms with Crippen LogP contribution in [0.4, 0.5) is 4.79 Å². The fraction of sp³-hybridized carbons (Fsp3) is 0.308. The molecule has 0 saturated carbocycles.